The first kappa shape index (κ1) is 11.9. The summed E-state index contributed by atoms with van der Waals surface area (Å²) in [4.78, 5) is 11.3. The summed E-state index contributed by atoms with van der Waals surface area (Å²) in [5, 5.41) is 0. The number of hydrogen-bond donors (Lipinski definition) is 1. The molecule has 0 spiro atoms. The minimum atomic E-state index is -0.336. The molecular formula is C13H17NO3. The Morgan fingerprint density at radius 3 is 2.71 bits per heavy atom. The quantitative estimate of drug-likeness (QED) is 0.806. The Kier molecular flexibility index (Phi) is 3.07. The summed E-state index contributed by atoms with van der Waals surface area (Å²) in [5.74, 6) is 0.437. The van der Waals surface area contributed by atoms with Gasteiger partial charge in [-0.3, -0.25) is 0 Å². The second-order valence-corrected chi connectivity index (χ2v) is 4.62. The van der Waals surface area contributed by atoms with Gasteiger partial charge < -0.3 is 15.2 Å². The first-order valence-corrected chi connectivity index (χ1v) is 5.65. The van der Waals surface area contributed by atoms with Crippen LogP contribution in [0.25, 0.3) is 0 Å². The van der Waals surface area contributed by atoms with E-state index >= 15 is 0 Å². The molecule has 0 amide bonds. The van der Waals surface area contributed by atoms with E-state index in [0.29, 0.717) is 12.2 Å². The van der Waals surface area contributed by atoms with Gasteiger partial charge in [0, 0.05) is 0 Å². The summed E-state index contributed by atoms with van der Waals surface area (Å²) < 4.78 is 10.3. The number of rotatable bonds is 4. The van der Waals surface area contributed by atoms with Crippen molar-refractivity contribution >= 4 is 5.97 Å². The zero-order valence-electron chi connectivity index (χ0n) is 10.2. The van der Waals surface area contributed by atoms with Crippen molar-refractivity contribution in [3.8, 4) is 5.75 Å². The van der Waals surface area contributed by atoms with Crippen molar-refractivity contribution in [2.75, 3.05) is 13.7 Å². The average Bonchev–Trinajstić information content (AvgIpc) is 3.05. The molecule has 1 aromatic carbocycles. The molecule has 2 rings (SSSR count). The highest BCUT2D eigenvalue weighted by atomic mass is 16.5. The number of carbonyl (C=O) groups is 1. The zero-order chi connectivity index (χ0) is 12.5. The summed E-state index contributed by atoms with van der Waals surface area (Å²) in [7, 11) is 1.37. The number of carbonyl (C=O) groups excluding carboxylic acids is 1. The van der Waals surface area contributed by atoms with Crippen molar-refractivity contribution in [3.05, 3.63) is 29.3 Å². The van der Waals surface area contributed by atoms with Gasteiger partial charge in [-0.1, -0.05) is 0 Å². The van der Waals surface area contributed by atoms with Gasteiger partial charge in [-0.25, -0.2) is 4.79 Å². The lowest BCUT2D eigenvalue weighted by atomic mass is 10.1. The molecule has 0 unspecified atom stereocenters. The van der Waals surface area contributed by atoms with E-state index in [1.165, 1.54) is 7.11 Å². The Balaban J connectivity index is 2.06. The molecule has 92 valence electrons. The molecule has 1 fully saturated rings. The second kappa shape index (κ2) is 4.37. The molecule has 4 heteroatoms. The Morgan fingerprint density at radius 2 is 2.18 bits per heavy atom. The number of methoxy groups -OCH3 is 1. The summed E-state index contributed by atoms with van der Waals surface area (Å²) in [5.41, 5.74) is 7.26. The van der Waals surface area contributed by atoms with Crippen LogP contribution in [0.4, 0.5) is 0 Å². The molecule has 0 atom stereocenters. The third kappa shape index (κ3) is 2.77. The number of esters is 1. The van der Waals surface area contributed by atoms with Gasteiger partial charge >= 0.3 is 5.97 Å². The monoisotopic (exact) mass is 235 g/mol. The highest BCUT2D eigenvalue weighted by Gasteiger charge is 2.39. The Bertz CT molecular complexity index is 438. The molecule has 0 saturated heterocycles. The molecular weight excluding hydrogens is 218 g/mol. The number of aryl methyl sites for hydroxylation is 1. The third-order valence-electron chi connectivity index (χ3n) is 3.00. The van der Waals surface area contributed by atoms with Crippen LogP contribution in [0.15, 0.2) is 18.2 Å². The van der Waals surface area contributed by atoms with Crippen LogP contribution in [0.2, 0.25) is 0 Å². The first-order valence-electron chi connectivity index (χ1n) is 5.65. The van der Waals surface area contributed by atoms with Gasteiger partial charge in [0.25, 0.3) is 0 Å². The van der Waals surface area contributed by atoms with Crippen molar-refractivity contribution in [2.45, 2.75) is 25.3 Å². The van der Waals surface area contributed by atoms with Gasteiger partial charge in [0.05, 0.1) is 18.2 Å². The van der Waals surface area contributed by atoms with E-state index in [2.05, 4.69) is 4.74 Å². The molecule has 17 heavy (non-hydrogen) atoms. The molecule has 2 N–H and O–H groups in total. The van der Waals surface area contributed by atoms with Crippen molar-refractivity contribution in [2.24, 2.45) is 5.73 Å². The molecule has 1 aliphatic rings. The smallest absolute Gasteiger partial charge is 0.337 e. The largest absolute Gasteiger partial charge is 0.491 e. The van der Waals surface area contributed by atoms with Crippen LogP contribution < -0.4 is 10.5 Å². The summed E-state index contributed by atoms with van der Waals surface area (Å²) in [6.45, 7) is 2.43. The summed E-state index contributed by atoms with van der Waals surface area (Å²) >= 11 is 0. The Labute approximate surface area is 101 Å². The number of hydrogen-bond acceptors (Lipinski definition) is 4. The van der Waals surface area contributed by atoms with E-state index in [0.717, 1.165) is 24.2 Å². The normalized spacial score (nSPS) is 16.4. The maximum atomic E-state index is 11.3. The fourth-order valence-electron chi connectivity index (χ4n) is 1.58. The number of ether oxygens (including phenoxy) is 2. The van der Waals surface area contributed by atoms with E-state index in [1.807, 2.05) is 6.92 Å². The van der Waals surface area contributed by atoms with Gasteiger partial charge in [-0.15, -0.1) is 0 Å². The average molecular weight is 235 g/mol. The lowest BCUT2D eigenvalue weighted by Crippen LogP contribution is -2.29. The zero-order valence-corrected chi connectivity index (χ0v) is 10.2. The Morgan fingerprint density at radius 1 is 1.47 bits per heavy atom. The van der Waals surface area contributed by atoms with Crippen molar-refractivity contribution in [1.29, 1.82) is 0 Å². The summed E-state index contributed by atoms with van der Waals surface area (Å²) in [6.07, 6.45) is 2.04. The van der Waals surface area contributed by atoms with Crippen molar-refractivity contribution < 1.29 is 14.3 Å². The molecule has 0 aromatic heterocycles. The van der Waals surface area contributed by atoms with Gasteiger partial charge in [-0.05, 0) is 43.5 Å². The lowest BCUT2D eigenvalue weighted by Gasteiger charge is -2.13. The topological polar surface area (TPSA) is 61.5 Å². The van der Waals surface area contributed by atoms with Crippen LogP contribution in [-0.4, -0.2) is 25.2 Å². The predicted octanol–water partition coefficient (Wildman–Crippen LogP) is 1.65. The van der Waals surface area contributed by atoms with Crippen LogP contribution in [0.3, 0.4) is 0 Å². The predicted molar refractivity (Wildman–Crippen MR) is 64.2 cm³/mol. The highest BCUT2D eigenvalue weighted by Crippen LogP contribution is 2.33. The van der Waals surface area contributed by atoms with E-state index in [9.17, 15) is 4.79 Å². The molecule has 4 nitrogen and oxygen atoms in total. The van der Waals surface area contributed by atoms with Gasteiger partial charge in [-0.2, -0.15) is 0 Å². The maximum Gasteiger partial charge on any atom is 0.337 e. The van der Waals surface area contributed by atoms with Gasteiger partial charge in [0.1, 0.15) is 12.4 Å². The first-order chi connectivity index (χ1) is 8.04. The molecule has 0 heterocycles. The van der Waals surface area contributed by atoms with Crippen LogP contribution >= 0.6 is 0 Å². The number of nitrogens with two attached hydrogens (primary N) is 1. The molecule has 0 bridgehead atoms. The summed E-state index contributed by atoms with van der Waals surface area (Å²) in [6, 6.07) is 5.24. The SMILES string of the molecule is COC(=O)c1ccc(OCC2(N)CC2)c(C)c1. The maximum absolute atomic E-state index is 11.3. The highest BCUT2D eigenvalue weighted by molar-refractivity contribution is 5.89. The Hall–Kier alpha value is -1.55. The standard InChI is InChI=1S/C13H17NO3/c1-9-7-10(12(15)16-2)3-4-11(9)17-8-13(14)5-6-13/h3-4,7H,5-6,8,14H2,1-2H3. The van der Waals surface area contributed by atoms with E-state index < -0.39 is 0 Å². The molecule has 1 saturated carbocycles. The fraction of sp³-hybridized carbons (Fsp3) is 0.462. The van der Waals surface area contributed by atoms with E-state index in [4.69, 9.17) is 10.5 Å². The lowest BCUT2D eigenvalue weighted by molar-refractivity contribution is 0.0600. The van der Waals surface area contributed by atoms with Gasteiger partial charge in [0.15, 0.2) is 0 Å². The third-order valence-corrected chi connectivity index (χ3v) is 3.00. The van der Waals surface area contributed by atoms with Crippen LogP contribution in [0.5, 0.6) is 5.75 Å². The van der Waals surface area contributed by atoms with Gasteiger partial charge in [0.2, 0.25) is 0 Å². The van der Waals surface area contributed by atoms with Crippen LogP contribution in [0, 0.1) is 6.92 Å². The van der Waals surface area contributed by atoms with E-state index in [1.54, 1.807) is 18.2 Å². The van der Waals surface area contributed by atoms with Crippen molar-refractivity contribution in [1.82, 2.24) is 0 Å². The van der Waals surface area contributed by atoms with Crippen LogP contribution in [-0.2, 0) is 4.74 Å². The molecule has 0 aliphatic heterocycles. The van der Waals surface area contributed by atoms with Crippen molar-refractivity contribution in [3.63, 3.8) is 0 Å². The van der Waals surface area contributed by atoms with Crippen LogP contribution in [0.1, 0.15) is 28.8 Å². The molecule has 1 aromatic rings. The molecule has 0 radical (unpaired) electrons. The second-order valence-electron chi connectivity index (χ2n) is 4.62. The van der Waals surface area contributed by atoms with E-state index in [-0.39, 0.29) is 11.5 Å². The fourth-order valence-corrected chi connectivity index (χ4v) is 1.58. The minimum absolute atomic E-state index is 0.131. The molecule has 1 aliphatic carbocycles. The minimum Gasteiger partial charge on any atom is -0.491 e. The number of benzene rings is 1.